The van der Waals surface area contributed by atoms with Gasteiger partial charge in [-0.2, -0.15) is 0 Å². The molecule has 0 spiro atoms. The van der Waals surface area contributed by atoms with Crippen LogP contribution in [-0.2, 0) is 11.8 Å². The second kappa shape index (κ2) is 6.68. The summed E-state index contributed by atoms with van der Waals surface area (Å²) in [4.78, 5) is 18.4. The van der Waals surface area contributed by atoms with Crippen LogP contribution < -0.4 is 5.32 Å². The van der Waals surface area contributed by atoms with E-state index < -0.39 is 0 Å². The van der Waals surface area contributed by atoms with Crippen LogP contribution in [0.1, 0.15) is 23.8 Å². The third-order valence-electron chi connectivity index (χ3n) is 3.58. The van der Waals surface area contributed by atoms with Crippen molar-refractivity contribution < 1.29 is 9.53 Å². The Morgan fingerprint density at radius 3 is 2.84 bits per heavy atom. The van der Waals surface area contributed by atoms with Crippen LogP contribution in [0.5, 0.6) is 0 Å². The molecule has 0 bridgehead atoms. The number of morpholine rings is 1. The fourth-order valence-corrected chi connectivity index (χ4v) is 2.35. The number of ether oxygens (including phenoxy) is 1. The van der Waals surface area contributed by atoms with Crippen molar-refractivity contribution in [3.05, 3.63) is 18.2 Å². The van der Waals surface area contributed by atoms with Crippen molar-refractivity contribution in [2.24, 2.45) is 7.05 Å². The molecule has 1 aliphatic rings. The van der Waals surface area contributed by atoms with Gasteiger partial charge in [0.25, 0.3) is 5.91 Å². The van der Waals surface area contributed by atoms with Crippen LogP contribution in [0.2, 0.25) is 0 Å². The lowest BCUT2D eigenvalue weighted by molar-refractivity contribution is 0.0159. The Bertz CT molecular complexity index is 413. The quantitative estimate of drug-likeness (QED) is 0.830. The molecule has 1 aliphatic heterocycles. The van der Waals surface area contributed by atoms with Crippen LogP contribution in [0.25, 0.3) is 0 Å². The van der Waals surface area contributed by atoms with Gasteiger partial charge in [0.2, 0.25) is 0 Å². The van der Waals surface area contributed by atoms with Crippen molar-refractivity contribution in [3.63, 3.8) is 0 Å². The summed E-state index contributed by atoms with van der Waals surface area (Å²) in [6.45, 7) is 6.27. The van der Waals surface area contributed by atoms with Gasteiger partial charge in [0.1, 0.15) is 5.69 Å². The monoisotopic (exact) mass is 266 g/mol. The van der Waals surface area contributed by atoms with Crippen LogP contribution in [0.4, 0.5) is 0 Å². The van der Waals surface area contributed by atoms with Crippen LogP contribution in [0, 0.1) is 0 Å². The van der Waals surface area contributed by atoms with E-state index in [0.717, 1.165) is 32.7 Å². The highest BCUT2D eigenvalue weighted by Gasteiger charge is 2.20. The third-order valence-corrected chi connectivity index (χ3v) is 3.58. The summed E-state index contributed by atoms with van der Waals surface area (Å²) in [5, 5.41) is 2.99. The molecule has 2 heterocycles. The van der Waals surface area contributed by atoms with Gasteiger partial charge >= 0.3 is 0 Å². The number of carbonyl (C=O) groups is 1. The lowest BCUT2D eigenvalue weighted by atomic mass is 10.1. The Morgan fingerprint density at radius 1 is 1.53 bits per heavy atom. The van der Waals surface area contributed by atoms with E-state index in [1.165, 1.54) is 0 Å². The number of aromatic nitrogens is 2. The van der Waals surface area contributed by atoms with Gasteiger partial charge in [-0.15, -0.1) is 0 Å². The van der Waals surface area contributed by atoms with E-state index in [9.17, 15) is 4.79 Å². The number of carbonyl (C=O) groups excluding carboxylic acids is 1. The highest BCUT2D eigenvalue weighted by molar-refractivity contribution is 5.92. The van der Waals surface area contributed by atoms with Gasteiger partial charge in [0.05, 0.1) is 25.7 Å². The molecule has 1 N–H and O–H groups in total. The number of aryl methyl sites for hydroxylation is 1. The zero-order valence-corrected chi connectivity index (χ0v) is 11.6. The molecule has 1 atom stereocenters. The molecule has 6 nitrogen and oxygen atoms in total. The summed E-state index contributed by atoms with van der Waals surface area (Å²) < 4.78 is 7.08. The molecule has 0 aromatic carbocycles. The predicted octanol–water partition coefficient (Wildman–Crippen LogP) is 0.261. The van der Waals surface area contributed by atoms with Crippen molar-refractivity contribution >= 4 is 5.91 Å². The lowest BCUT2D eigenvalue weighted by Gasteiger charge is -2.34. The average molecular weight is 266 g/mol. The third kappa shape index (κ3) is 3.54. The smallest absolute Gasteiger partial charge is 0.269 e. The Kier molecular flexibility index (Phi) is 4.93. The molecule has 1 amide bonds. The zero-order chi connectivity index (χ0) is 13.7. The van der Waals surface area contributed by atoms with Crippen molar-refractivity contribution in [2.75, 3.05) is 32.8 Å². The molecule has 1 aromatic heterocycles. The van der Waals surface area contributed by atoms with Crippen molar-refractivity contribution in [2.45, 2.75) is 19.4 Å². The average Bonchev–Trinajstić information content (AvgIpc) is 2.87. The number of rotatable bonds is 5. The number of hydrogen-bond acceptors (Lipinski definition) is 4. The minimum absolute atomic E-state index is 0.0632. The van der Waals surface area contributed by atoms with Gasteiger partial charge in [-0.05, 0) is 6.42 Å². The van der Waals surface area contributed by atoms with Gasteiger partial charge in [-0.3, -0.25) is 9.69 Å². The summed E-state index contributed by atoms with van der Waals surface area (Å²) in [6, 6.07) is 0.376. The van der Waals surface area contributed by atoms with Crippen LogP contribution >= 0.6 is 0 Å². The molecule has 19 heavy (non-hydrogen) atoms. The standard InChI is InChI=1S/C13H22N4O2/c1-3-11(17-4-6-19-7-5-17)8-15-13(18)12-9-14-10-16(12)2/h9-11H,3-8H2,1-2H3,(H,15,18)/t11-/m1/s1. The van der Waals surface area contributed by atoms with Gasteiger partial charge in [0.15, 0.2) is 0 Å². The topological polar surface area (TPSA) is 59.4 Å². The van der Waals surface area contributed by atoms with Crippen LogP contribution in [0.3, 0.4) is 0 Å². The van der Waals surface area contributed by atoms with E-state index in [1.807, 2.05) is 7.05 Å². The summed E-state index contributed by atoms with van der Waals surface area (Å²) >= 11 is 0. The minimum Gasteiger partial charge on any atom is -0.379 e. The van der Waals surface area contributed by atoms with E-state index >= 15 is 0 Å². The number of nitrogens with one attached hydrogen (secondary N) is 1. The Morgan fingerprint density at radius 2 is 2.26 bits per heavy atom. The molecule has 0 saturated carbocycles. The summed E-state index contributed by atoms with van der Waals surface area (Å²) in [5.41, 5.74) is 0.594. The zero-order valence-electron chi connectivity index (χ0n) is 11.6. The van der Waals surface area contributed by atoms with Crippen molar-refractivity contribution in [3.8, 4) is 0 Å². The molecule has 106 valence electrons. The normalized spacial score (nSPS) is 18.2. The number of imidazole rings is 1. The summed E-state index contributed by atoms with van der Waals surface area (Å²) in [6.07, 6.45) is 4.24. The molecule has 0 aliphatic carbocycles. The minimum atomic E-state index is -0.0632. The summed E-state index contributed by atoms with van der Waals surface area (Å²) in [7, 11) is 1.82. The molecule has 6 heteroatoms. The van der Waals surface area contributed by atoms with Gasteiger partial charge in [-0.25, -0.2) is 4.98 Å². The van der Waals surface area contributed by atoms with Gasteiger partial charge < -0.3 is 14.6 Å². The first-order chi connectivity index (χ1) is 9.22. The van der Waals surface area contributed by atoms with E-state index in [2.05, 4.69) is 22.1 Å². The molecule has 0 radical (unpaired) electrons. The van der Waals surface area contributed by atoms with Crippen molar-refractivity contribution in [1.82, 2.24) is 19.8 Å². The summed E-state index contributed by atoms with van der Waals surface area (Å²) in [5.74, 6) is -0.0632. The fraction of sp³-hybridized carbons (Fsp3) is 0.692. The van der Waals surface area contributed by atoms with E-state index in [4.69, 9.17) is 4.74 Å². The van der Waals surface area contributed by atoms with Crippen LogP contribution in [0.15, 0.2) is 12.5 Å². The highest BCUT2D eigenvalue weighted by atomic mass is 16.5. The van der Waals surface area contributed by atoms with Crippen LogP contribution in [-0.4, -0.2) is 59.2 Å². The lowest BCUT2D eigenvalue weighted by Crippen LogP contribution is -2.48. The SMILES string of the molecule is CC[C@H](CNC(=O)c1cncn1C)N1CCOCC1. The Labute approximate surface area is 113 Å². The molecule has 1 aromatic rings. The van der Waals surface area contributed by atoms with E-state index in [0.29, 0.717) is 18.3 Å². The largest absolute Gasteiger partial charge is 0.379 e. The Hall–Kier alpha value is -1.40. The maximum absolute atomic E-state index is 12.0. The number of nitrogens with zero attached hydrogens (tertiary/aromatic N) is 3. The molecular weight excluding hydrogens is 244 g/mol. The maximum atomic E-state index is 12.0. The molecular formula is C13H22N4O2. The molecule has 0 unspecified atom stereocenters. The maximum Gasteiger partial charge on any atom is 0.269 e. The molecule has 1 saturated heterocycles. The van der Waals surface area contributed by atoms with Crippen molar-refractivity contribution in [1.29, 1.82) is 0 Å². The number of hydrogen-bond donors (Lipinski definition) is 1. The van der Waals surface area contributed by atoms with E-state index in [-0.39, 0.29) is 5.91 Å². The first kappa shape index (κ1) is 14.0. The first-order valence-electron chi connectivity index (χ1n) is 6.78. The number of amides is 1. The van der Waals surface area contributed by atoms with Gasteiger partial charge in [0, 0.05) is 32.7 Å². The fourth-order valence-electron chi connectivity index (χ4n) is 2.35. The second-order valence-corrected chi connectivity index (χ2v) is 4.81. The second-order valence-electron chi connectivity index (χ2n) is 4.81. The predicted molar refractivity (Wildman–Crippen MR) is 72.0 cm³/mol. The van der Waals surface area contributed by atoms with E-state index in [1.54, 1.807) is 17.1 Å². The molecule has 2 rings (SSSR count). The van der Waals surface area contributed by atoms with Gasteiger partial charge in [-0.1, -0.05) is 6.92 Å². The first-order valence-corrected chi connectivity index (χ1v) is 6.78. The Balaban J connectivity index is 1.85. The molecule has 1 fully saturated rings. The highest BCUT2D eigenvalue weighted by Crippen LogP contribution is 2.07.